The molecule has 1 atom stereocenters. The molecule has 0 amide bonds. The molecule has 5 nitrogen and oxygen atoms in total. The standard InChI is InChI=1S/C18H28F2N4O/c1-22-7-3-2-4-15(22)12-23-8-5-14(6-9-23)11-24-13-21-16(18(19)20)10-17(24)25/h10,13-15,18H,2-9,11-12H2,1H3. The van der Waals surface area contributed by atoms with Crippen molar-refractivity contribution in [1.29, 1.82) is 0 Å². The second kappa shape index (κ2) is 8.36. The van der Waals surface area contributed by atoms with Crippen LogP contribution in [-0.4, -0.2) is 58.6 Å². The van der Waals surface area contributed by atoms with E-state index in [1.807, 2.05) is 0 Å². The lowest BCUT2D eigenvalue weighted by Crippen LogP contribution is -2.47. The van der Waals surface area contributed by atoms with E-state index in [1.165, 1.54) is 36.7 Å². The lowest BCUT2D eigenvalue weighted by molar-refractivity contribution is 0.100. The Bertz CT molecular complexity index is 613. The van der Waals surface area contributed by atoms with Gasteiger partial charge in [0.05, 0.1) is 6.33 Å². The van der Waals surface area contributed by atoms with Crippen LogP contribution in [0.5, 0.6) is 0 Å². The minimum Gasteiger partial charge on any atom is -0.302 e. The van der Waals surface area contributed by atoms with Gasteiger partial charge in [-0.1, -0.05) is 6.42 Å². The number of rotatable bonds is 5. The van der Waals surface area contributed by atoms with E-state index in [0.29, 0.717) is 18.5 Å². The summed E-state index contributed by atoms with van der Waals surface area (Å²) in [6.45, 7) is 5.00. The summed E-state index contributed by atoms with van der Waals surface area (Å²) in [5, 5.41) is 0. The van der Waals surface area contributed by atoms with Gasteiger partial charge in [-0.05, 0) is 58.3 Å². The number of nitrogens with zero attached hydrogens (tertiary/aromatic N) is 4. The number of likely N-dealkylation sites (tertiary alicyclic amines) is 2. The van der Waals surface area contributed by atoms with E-state index < -0.39 is 12.1 Å². The molecule has 0 saturated carbocycles. The molecule has 0 aromatic carbocycles. The molecule has 2 aliphatic heterocycles. The fraction of sp³-hybridized carbons (Fsp3) is 0.778. The maximum atomic E-state index is 12.6. The summed E-state index contributed by atoms with van der Waals surface area (Å²) < 4.78 is 26.6. The van der Waals surface area contributed by atoms with Crippen LogP contribution in [0.1, 0.15) is 44.2 Å². The zero-order valence-corrected chi connectivity index (χ0v) is 14.9. The summed E-state index contributed by atoms with van der Waals surface area (Å²) in [6.07, 6.45) is 4.58. The lowest BCUT2D eigenvalue weighted by atomic mass is 9.95. The summed E-state index contributed by atoms with van der Waals surface area (Å²) in [6, 6.07) is 1.62. The molecule has 2 aliphatic rings. The van der Waals surface area contributed by atoms with Gasteiger partial charge < -0.3 is 9.80 Å². The van der Waals surface area contributed by atoms with Crippen molar-refractivity contribution < 1.29 is 8.78 Å². The van der Waals surface area contributed by atoms with E-state index in [9.17, 15) is 13.6 Å². The first-order chi connectivity index (χ1) is 12.0. The van der Waals surface area contributed by atoms with Crippen molar-refractivity contribution in [2.24, 2.45) is 5.92 Å². The Hall–Kier alpha value is -1.34. The van der Waals surface area contributed by atoms with Gasteiger partial charge in [0, 0.05) is 25.2 Å². The summed E-state index contributed by atoms with van der Waals surface area (Å²) in [7, 11) is 2.22. The van der Waals surface area contributed by atoms with Crippen molar-refractivity contribution in [3.63, 3.8) is 0 Å². The van der Waals surface area contributed by atoms with E-state index >= 15 is 0 Å². The number of piperidine rings is 2. The molecule has 0 radical (unpaired) electrons. The van der Waals surface area contributed by atoms with Crippen LogP contribution >= 0.6 is 0 Å². The molecule has 25 heavy (non-hydrogen) atoms. The van der Waals surface area contributed by atoms with Crippen LogP contribution in [0.15, 0.2) is 17.2 Å². The van der Waals surface area contributed by atoms with Crippen LogP contribution < -0.4 is 5.56 Å². The van der Waals surface area contributed by atoms with E-state index in [4.69, 9.17) is 0 Å². The highest BCUT2D eigenvalue weighted by molar-refractivity contribution is 5.01. The number of hydrogen-bond donors (Lipinski definition) is 0. The predicted octanol–water partition coefficient (Wildman–Crippen LogP) is 2.38. The molecule has 3 heterocycles. The number of alkyl halides is 2. The summed E-state index contributed by atoms with van der Waals surface area (Å²) in [5.41, 5.74) is -0.816. The quantitative estimate of drug-likeness (QED) is 0.814. The molecule has 7 heteroatoms. The molecular formula is C18H28F2N4O. The average Bonchev–Trinajstić information content (AvgIpc) is 2.60. The van der Waals surface area contributed by atoms with Crippen LogP contribution in [0.25, 0.3) is 0 Å². The van der Waals surface area contributed by atoms with Gasteiger partial charge in [0.25, 0.3) is 12.0 Å². The first-order valence-electron chi connectivity index (χ1n) is 9.30. The van der Waals surface area contributed by atoms with E-state index in [0.717, 1.165) is 38.5 Å². The van der Waals surface area contributed by atoms with Gasteiger partial charge in [-0.15, -0.1) is 0 Å². The minimum atomic E-state index is -2.69. The lowest BCUT2D eigenvalue weighted by Gasteiger charge is -2.39. The van der Waals surface area contributed by atoms with Crippen LogP contribution in [0.3, 0.4) is 0 Å². The zero-order chi connectivity index (χ0) is 17.8. The van der Waals surface area contributed by atoms with Crippen molar-refractivity contribution >= 4 is 0 Å². The number of halogens is 2. The van der Waals surface area contributed by atoms with Crippen LogP contribution in [-0.2, 0) is 6.54 Å². The van der Waals surface area contributed by atoms with Gasteiger partial charge in [-0.3, -0.25) is 9.36 Å². The maximum Gasteiger partial charge on any atom is 0.280 e. The van der Waals surface area contributed by atoms with Gasteiger partial charge in [-0.25, -0.2) is 13.8 Å². The Morgan fingerprint density at radius 3 is 2.56 bits per heavy atom. The van der Waals surface area contributed by atoms with Gasteiger partial charge in [0.2, 0.25) is 0 Å². The van der Waals surface area contributed by atoms with Gasteiger partial charge in [0.15, 0.2) is 0 Å². The maximum absolute atomic E-state index is 12.6. The third-order valence-corrected chi connectivity index (χ3v) is 5.68. The topological polar surface area (TPSA) is 41.4 Å². The molecule has 0 bridgehead atoms. The van der Waals surface area contributed by atoms with Crippen molar-refractivity contribution in [3.05, 3.63) is 28.4 Å². The highest BCUT2D eigenvalue weighted by Gasteiger charge is 2.25. The number of hydrogen-bond acceptors (Lipinski definition) is 4. The molecule has 1 aromatic heterocycles. The van der Waals surface area contributed by atoms with Crippen LogP contribution in [0, 0.1) is 5.92 Å². The van der Waals surface area contributed by atoms with Crippen molar-refractivity contribution in [1.82, 2.24) is 19.4 Å². The second-order valence-corrected chi connectivity index (χ2v) is 7.48. The average molecular weight is 354 g/mol. The smallest absolute Gasteiger partial charge is 0.280 e. The fourth-order valence-corrected chi connectivity index (χ4v) is 4.00. The Balaban J connectivity index is 1.48. The van der Waals surface area contributed by atoms with Crippen molar-refractivity contribution in [2.45, 2.75) is 51.1 Å². The molecule has 0 aliphatic carbocycles. The highest BCUT2D eigenvalue weighted by atomic mass is 19.3. The molecule has 1 unspecified atom stereocenters. The van der Waals surface area contributed by atoms with Crippen molar-refractivity contribution in [3.8, 4) is 0 Å². The number of aromatic nitrogens is 2. The third kappa shape index (κ3) is 4.85. The van der Waals surface area contributed by atoms with E-state index in [2.05, 4.69) is 21.8 Å². The van der Waals surface area contributed by atoms with Gasteiger partial charge in [-0.2, -0.15) is 0 Å². The SMILES string of the molecule is CN1CCCCC1CN1CCC(Cn2cnc(C(F)F)cc2=O)CC1. The second-order valence-electron chi connectivity index (χ2n) is 7.48. The highest BCUT2D eigenvalue weighted by Crippen LogP contribution is 2.22. The molecule has 140 valence electrons. The minimum absolute atomic E-state index is 0.378. The molecule has 3 rings (SSSR count). The Morgan fingerprint density at radius 2 is 1.92 bits per heavy atom. The molecule has 0 spiro atoms. The molecule has 0 N–H and O–H groups in total. The molecule has 2 saturated heterocycles. The molecule has 2 fully saturated rings. The summed E-state index contributed by atoms with van der Waals surface area (Å²) in [4.78, 5) is 20.7. The Kier molecular flexibility index (Phi) is 6.17. The predicted molar refractivity (Wildman–Crippen MR) is 92.9 cm³/mol. The third-order valence-electron chi connectivity index (χ3n) is 5.68. The number of likely N-dealkylation sites (N-methyl/N-ethyl adjacent to an activating group) is 1. The largest absolute Gasteiger partial charge is 0.302 e. The zero-order valence-electron chi connectivity index (χ0n) is 14.9. The molecule has 1 aromatic rings. The summed E-state index contributed by atoms with van der Waals surface area (Å²) >= 11 is 0. The van der Waals surface area contributed by atoms with Crippen molar-refractivity contribution in [2.75, 3.05) is 33.2 Å². The Morgan fingerprint density at radius 1 is 1.16 bits per heavy atom. The first kappa shape index (κ1) is 18.5. The monoisotopic (exact) mass is 354 g/mol. The summed E-state index contributed by atoms with van der Waals surface area (Å²) in [5.74, 6) is 0.414. The van der Waals surface area contributed by atoms with E-state index in [1.54, 1.807) is 0 Å². The first-order valence-corrected chi connectivity index (χ1v) is 9.30. The fourth-order valence-electron chi connectivity index (χ4n) is 4.00. The molecular weight excluding hydrogens is 326 g/mol. The van der Waals surface area contributed by atoms with Crippen LogP contribution in [0.2, 0.25) is 0 Å². The van der Waals surface area contributed by atoms with Gasteiger partial charge in [0.1, 0.15) is 5.69 Å². The van der Waals surface area contributed by atoms with Crippen LogP contribution in [0.4, 0.5) is 8.78 Å². The Labute approximate surface area is 147 Å². The normalized spacial score (nSPS) is 24.1. The van der Waals surface area contributed by atoms with Gasteiger partial charge >= 0.3 is 0 Å². The van der Waals surface area contributed by atoms with E-state index in [-0.39, 0.29) is 5.56 Å².